The summed E-state index contributed by atoms with van der Waals surface area (Å²) >= 11 is 0. The average molecular weight is 368 g/mol. The first kappa shape index (κ1) is 17.5. The molecule has 0 aliphatic carbocycles. The van der Waals surface area contributed by atoms with Gasteiger partial charge in [0.1, 0.15) is 0 Å². The van der Waals surface area contributed by atoms with Crippen LogP contribution in [0.4, 0.5) is 4.39 Å². The molecule has 2 aliphatic rings. The molecule has 2 heterocycles. The first-order valence-electron chi connectivity index (χ1n) is 9.06. The Kier molecular flexibility index (Phi) is 4.34. The van der Waals surface area contributed by atoms with Crippen molar-refractivity contribution in [2.75, 3.05) is 19.6 Å². The van der Waals surface area contributed by atoms with Crippen molar-refractivity contribution in [3.8, 4) is 5.75 Å². The monoisotopic (exact) mass is 368 g/mol. The molecule has 2 fully saturated rings. The number of carbonyl (C=O) groups is 2. The zero-order valence-electron chi connectivity index (χ0n) is 15.0. The summed E-state index contributed by atoms with van der Waals surface area (Å²) in [5, 5.41) is 9.90. The number of fused-ring (bicyclic) bond motifs is 1. The fourth-order valence-electron chi connectivity index (χ4n) is 4.47. The third-order valence-corrected chi connectivity index (χ3v) is 5.71. The molecular weight excluding hydrogens is 347 g/mol. The van der Waals surface area contributed by atoms with E-state index in [2.05, 4.69) is 0 Å². The van der Waals surface area contributed by atoms with Gasteiger partial charge in [-0.3, -0.25) is 9.59 Å². The van der Waals surface area contributed by atoms with Gasteiger partial charge in [-0.05, 0) is 17.7 Å². The van der Waals surface area contributed by atoms with Crippen LogP contribution < -0.4 is 0 Å². The fraction of sp³-hybridized carbons (Fsp3) is 0.333. The second kappa shape index (κ2) is 6.68. The molecule has 0 unspecified atom stereocenters. The largest absolute Gasteiger partial charge is 0.504 e. The Balaban J connectivity index is 1.60. The Labute approximate surface area is 157 Å². The van der Waals surface area contributed by atoms with Gasteiger partial charge < -0.3 is 14.9 Å². The number of hydrogen-bond acceptors (Lipinski definition) is 3. The highest BCUT2D eigenvalue weighted by Gasteiger charge is 2.49. The van der Waals surface area contributed by atoms with Gasteiger partial charge in [-0.1, -0.05) is 36.4 Å². The Morgan fingerprint density at radius 2 is 1.78 bits per heavy atom. The number of hydrogen-bond donors (Lipinski definition) is 1. The number of para-hydroxylation sites is 1. The van der Waals surface area contributed by atoms with Crippen molar-refractivity contribution in [3.05, 3.63) is 65.5 Å². The third kappa shape index (κ3) is 2.95. The number of nitrogens with zero attached hydrogens (tertiary/aromatic N) is 2. The number of benzene rings is 2. The molecule has 0 bridgehead atoms. The second-order valence-electron chi connectivity index (χ2n) is 7.30. The van der Waals surface area contributed by atoms with Gasteiger partial charge in [0.15, 0.2) is 11.6 Å². The van der Waals surface area contributed by atoms with Crippen LogP contribution in [0.25, 0.3) is 0 Å². The van der Waals surface area contributed by atoms with Gasteiger partial charge in [0, 0.05) is 38.4 Å². The number of rotatable bonds is 2. The molecule has 6 heteroatoms. The number of carbonyl (C=O) groups excluding carboxylic acids is 2. The lowest BCUT2D eigenvalue weighted by Gasteiger charge is -2.29. The minimum atomic E-state index is -0.801. The molecule has 4 rings (SSSR count). The molecule has 5 nitrogen and oxygen atoms in total. The number of aromatic hydroxyl groups is 1. The molecule has 27 heavy (non-hydrogen) atoms. The van der Waals surface area contributed by atoms with Gasteiger partial charge >= 0.3 is 0 Å². The number of halogens is 1. The van der Waals surface area contributed by atoms with Crippen LogP contribution in [0.15, 0.2) is 48.5 Å². The van der Waals surface area contributed by atoms with Crippen molar-refractivity contribution in [3.63, 3.8) is 0 Å². The van der Waals surface area contributed by atoms with Crippen LogP contribution in [-0.2, 0) is 4.79 Å². The van der Waals surface area contributed by atoms with E-state index in [-0.39, 0.29) is 35.3 Å². The Hall–Kier alpha value is -2.89. The summed E-state index contributed by atoms with van der Waals surface area (Å²) in [5.74, 6) is -1.47. The maximum atomic E-state index is 13.6. The summed E-state index contributed by atoms with van der Waals surface area (Å²) in [7, 11) is 0. The standard InChI is InChI=1S/C21H21FN2O3/c1-13(25)24-11-15-10-23(21(27)16-8-5-9-18(22)20(16)26)12-17(15)19(24)14-6-3-2-4-7-14/h2-9,15,17,19,26H,10-12H2,1H3/t15-,17-,19+/m1/s1. The number of phenolic OH excluding ortho intramolecular Hbond substituents is 1. The first-order valence-corrected chi connectivity index (χ1v) is 9.06. The molecular formula is C21H21FN2O3. The van der Waals surface area contributed by atoms with E-state index in [0.717, 1.165) is 11.6 Å². The molecule has 2 amide bonds. The van der Waals surface area contributed by atoms with Crippen molar-refractivity contribution in [2.24, 2.45) is 11.8 Å². The van der Waals surface area contributed by atoms with Gasteiger partial charge in [-0.15, -0.1) is 0 Å². The van der Waals surface area contributed by atoms with Crippen LogP contribution >= 0.6 is 0 Å². The van der Waals surface area contributed by atoms with Crippen LogP contribution in [0.2, 0.25) is 0 Å². The Morgan fingerprint density at radius 1 is 1.04 bits per heavy atom. The molecule has 1 N–H and O–H groups in total. The average Bonchev–Trinajstić information content (AvgIpc) is 3.22. The number of likely N-dealkylation sites (tertiary alicyclic amines) is 2. The van der Waals surface area contributed by atoms with Gasteiger partial charge in [0.2, 0.25) is 5.91 Å². The van der Waals surface area contributed by atoms with E-state index < -0.39 is 11.6 Å². The molecule has 2 aliphatic heterocycles. The van der Waals surface area contributed by atoms with Crippen molar-refractivity contribution in [2.45, 2.75) is 13.0 Å². The van der Waals surface area contributed by atoms with E-state index in [0.29, 0.717) is 19.6 Å². The van der Waals surface area contributed by atoms with Crippen LogP contribution in [0.1, 0.15) is 28.9 Å². The highest BCUT2D eigenvalue weighted by Crippen LogP contribution is 2.45. The van der Waals surface area contributed by atoms with Crippen molar-refractivity contribution >= 4 is 11.8 Å². The lowest BCUT2D eigenvalue weighted by Crippen LogP contribution is -2.36. The SMILES string of the molecule is CC(=O)N1C[C@H]2CN(C(=O)c3cccc(F)c3O)C[C@H]2[C@@H]1c1ccccc1. The van der Waals surface area contributed by atoms with E-state index in [1.165, 1.54) is 12.1 Å². The highest BCUT2D eigenvalue weighted by atomic mass is 19.1. The maximum absolute atomic E-state index is 13.6. The number of amides is 2. The van der Waals surface area contributed by atoms with E-state index in [4.69, 9.17) is 0 Å². The van der Waals surface area contributed by atoms with E-state index in [1.807, 2.05) is 35.2 Å². The predicted molar refractivity (Wildman–Crippen MR) is 97.5 cm³/mol. The quantitative estimate of drug-likeness (QED) is 0.887. The topological polar surface area (TPSA) is 60.9 Å². The van der Waals surface area contributed by atoms with E-state index >= 15 is 0 Å². The highest BCUT2D eigenvalue weighted by molar-refractivity contribution is 5.97. The van der Waals surface area contributed by atoms with Gasteiger partial charge in [0.05, 0.1) is 11.6 Å². The molecule has 3 atom stereocenters. The summed E-state index contributed by atoms with van der Waals surface area (Å²) in [6.45, 7) is 3.14. The van der Waals surface area contributed by atoms with Crippen molar-refractivity contribution in [1.29, 1.82) is 0 Å². The minimum Gasteiger partial charge on any atom is -0.504 e. The molecule has 2 aromatic carbocycles. The summed E-state index contributed by atoms with van der Waals surface area (Å²) in [6, 6.07) is 13.7. The first-order chi connectivity index (χ1) is 13.0. The lowest BCUT2D eigenvalue weighted by molar-refractivity contribution is -0.130. The summed E-state index contributed by atoms with van der Waals surface area (Å²) in [5.41, 5.74) is 1.04. The molecule has 0 aromatic heterocycles. The summed E-state index contributed by atoms with van der Waals surface area (Å²) in [6.07, 6.45) is 0. The lowest BCUT2D eigenvalue weighted by atomic mass is 9.89. The third-order valence-electron chi connectivity index (χ3n) is 5.71. The molecule has 0 spiro atoms. The predicted octanol–water partition coefficient (Wildman–Crippen LogP) is 2.82. The van der Waals surface area contributed by atoms with Crippen LogP contribution in [0.5, 0.6) is 5.75 Å². The Bertz CT molecular complexity index is 886. The van der Waals surface area contributed by atoms with Gasteiger partial charge in [0.25, 0.3) is 5.91 Å². The van der Waals surface area contributed by atoms with Crippen LogP contribution in [0.3, 0.4) is 0 Å². The van der Waals surface area contributed by atoms with Crippen LogP contribution in [0, 0.1) is 17.7 Å². The van der Waals surface area contributed by atoms with Crippen molar-refractivity contribution in [1.82, 2.24) is 9.80 Å². The molecule has 0 radical (unpaired) electrons. The second-order valence-corrected chi connectivity index (χ2v) is 7.30. The summed E-state index contributed by atoms with van der Waals surface area (Å²) < 4.78 is 13.6. The zero-order chi connectivity index (χ0) is 19.1. The van der Waals surface area contributed by atoms with E-state index in [1.54, 1.807) is 11.8 Å². The molecule has 140 valence electrons. The molecule has 2 saturated heterocycles. The zero-order valence-corrected chi connectivity index (χ0v) is 15.0. The number of phenols is 1. The van der Waals surface area contributed by atoms with E-state index in [9.17, 15) is 19.1 Å². The van der Waals surface area contributed by atoms with Gasteiger partial charge in [-0.2, -0.15) is 0 Å². The molecule has 2 aromatic rings. The smallest absolute Gasteiger partial charge is 0.257 e. The molecule has 0 saturated carbocycles. The summed E-state index contributed by atoms with van der Waals surface area (Å²) in [4.78, 5) is 28.5. The van der Waals surface area contributed by atoms with Crippen LogP contribution in [-0.4, -0.2) is 46.4 Å². The Morgan fingerprint density at radius 3 is 2.48 bits per heavy atom. The maximum Gasteiger partial charge on any atom is 0.257 e. The fourth-order valence-corrected chi connectivity index (χ4v) is 4.47. The van der Waals surface area contributed by atoms with Gasteiger partial charge in [-0.25, -0.2) is 4.39 Å². The minimum absolute atomic E-state index is 0.0188. The normalized spacial score (nSPS) is 24.1. The van der Waals surface area contributed by atoms with Crippen molar-refractivity contribution < 1.29 is 19.1 Å².